The maximum absolute atomic E-state index is 11.6. The van der Waals surface area contributed by atoms with Crippen molar-refractivity contribution in [3.05, 3.63) is 11.2 Å². The lowest BCUT2D eigenvalue weighted by Gasteiger charge is -2.22. The lowest BCUT2D eigenvalue weighted by atomic mass is 10.1. The summed E-state index contributed by atoms with van der Waals surface area (Å²) >= 11 is -0.682. The Morgan fingerprint density at radius 3 is 2.84 bits per heavy atom. The van der Waals surface area contributed by atoms with E-state index in [1.165, 1.54) is 6.20 Å². The van der Waals surface area contributed by atoms with Gasteiger partial charge in [0.15, 0.2) is 5.79 Å². The highest BCUT2D eigenvalue weighted by Crippen LogP contribution is 2.40. The van der Waals surface area contributed by atoms with Crippen LogP contribution in [0.15, 0.2) is 10.4 Å². The second-order valence-corrected chi connectivity index (χ2v) is 7.15. The predicted molar refractivity (Wildman–Crippen MR) is 68.2 cm³/mol. The number of hydrogen-bond donors (Lipinski definition) is 2. The number of hydrogen-bond acceptors (Lipinski definition) is 6. The summed E-state index contributed by atoms with van der Waals surface area (Å²) in [5.41, 5.74) is -0.708. The molecule has 0 radical (unpaired) electrons. The van der Waals surface area contributed by atoms with E-state index in [0.29, 0.717) is 15.8 Å². The normalized spacial score (nSPS) is 27.2. The molecule has 2 heterocycles. The third-order valence-electron chi connectivity index (χ3n) is 2.47. The number of amides is 1. The Balaban J connectivity index is 2.15. The third-order valence-corrected chi connectivity index (χ3v) is 5.04. The van der Waals surface area contributed by atoms with Crippen LogP contribution in [-0.2, 0) is 26.4 Å². The van der Waals surface area contributed by atoms with Crippen LogP contribution in [0.5, 0.6) is 0 Å². The maximum atomic E-state index is 11.6. The second-order valence-electron chi connectivity index (χ2n) is 4.68. The van der Waals surface area contributed by atoms with Crippen molar-refractivity contribution in [3.8, 4) is 0 Å². The predicted octanol–water partition coefficient (Wildman–Crippen LogP) is 1.43. The molecule has 9 heteroatoms. The number of nitrogens with one attached hydrogen (secondary N) is 1. The molecule has 2 atom stereocenters. The zero-order valence-electron chi connectivity index (χ0n) is 10.6. The summed E-state index contributed by atoms with van der Waals surface area (Å²) < 4.78 is 25.1. The lowest BCUT2D eigenvalue weighted by Crippen LogP contribution is -2.28. The zero-order valence-corrected chi connectivity index (χ0v) is 12.3. The first-order valence-corrected chi connectivity index (χ1v) is 7.40. The quantitative estimate of drug-likeness (QED) is 0.819. The molecule has 1 unspecified atom stereocenters. The van der Waals surface area contributed by atoms with E-state index in [2.05, 4.69) is 4.98 Å². The molecule has 1 aliphatic heterocycles. The summed E-state index contributed by atoms with van der Waals surface area (Å²) in [6.07, 6.45) is 0.0347. The summed E-state index contributed by atoms with van der Waals surface area (Å²) in [7, 11) is 0. The molecule has 1 amide bonds. The fourth-order valence-corrected chi connectivity index (χ4v) is 3.53. The van der Waals surface area contributed by atoms with Gasteiger partial charge in [0.2, 0.25) is 0 Å². The van der Waals surface area contributed by atoms with Crippen molar-refractivity contribution >= 4 is 28.8 Å². The first kappa shape index (κ1) is 14.5. The van der Waals surface area contributed by atoms with Crippen LogP contribution < -0.4 is 4.72 Å². The van der Waals surface area contributed by atoms with E-state index in [1.807, 2.05) is 11.6 Å². The standard InChI is InChI=1S/C10H14N2O5S2/c1-9(2)16-5-10(3,17-9)7-11-4-6(18-7)19(15)12-8(13)14/h4,12H,5H2,1-3H3,(H,13,14)/t10?,19-/m0/s1. The van der Waals surface area contributed by atoms with Gasteiger partial charge < -0.3 is 19.1 Å². The van der Waals surface area contributed by atoms with Crippen molar-refractivity contribution in [2.24, 2.45) is 0 Å². The highest BCUT2D eigenvalue weighted by molar-refractivity contribution is 7.92. The minimum absolute atomic E-state index is 0.326. The van der Waals surface area contributed by atoms with Crippen LogP contribution >= 0.6 is 11.3 Å². The number of rotatable bonds is 3. The van der Waals surface area contributed by atoms with E-state index in [0.717, 1.165) is 11.3 Å². The average Bonchev–Trinajstić information content (AvgIpc) is 2.83. The highest BCUT2D eigenvalue weighted by Gasteiger charge is 2.45. The molecule has 1 aromatic heterocycles. The highest BCUT2D eigenvalue weighted by atomic mass is 32.2. The molecule has 106 valence electrons. The van der Waals surface area contributed by atoms with Crippen molar-refractivity contribution in [2.75, 3.05) is 6.61 Å². The third kappa shape index (κ3) is 3.18. The molecule has 2 N–H and O–H groups in total. The topological polar surface area (TPSA) is 104 Å². The first-order valence-electron chi connectivity index (χ1n) is 5.44. The Labute approximate surface area is 117 Å². The molecule has 0 spiro atoms. The Morgan fingerprint density at radius 1 is 1.63 bits per heavy atom. The monoisotopic (exact) mass is 306 g/mol. The van der Waals surface area contributed by atoms with Crippen LogP contribution in [-0.4, -0.2) is 33.1 Å². The van der Waals surface area contributed by atoms with Gasteiger partial charge in [-0.1, -0.05) is 11.3 Å². The molecule has 1 saturated heterocycles. The van der Waals surface area contributed by atoms with Crippen LogP contribution in [0.3, 0.4) is 0 Å². The van der Waals surface area contributed by atoms with Crippen molar-refractivity contribution in [3.63, 3.8) is 0 Å². The molecular formula is C10H14N2O5S2. The maximum Gasteiger partial charge on any atom is 0.446 e. The van der Waals surface area contributed by atoms with Crippen LogP contribution in [0, 0.1) is 0 Å². The van der Waals surface area contributed by atoms with Gasteiger partial charge in [0.25, 0.3) is 4.21 Å². The van der Waals surface area contributed by atoms with E-state index < -0.39 is 28.8 Å². The number of carboxylic acid groups (broad SMARTS) is 1. The van der Waals surface area contributed by atoms with Gasteiger partial charge in [-0.3, -0.25) is 0 Å². The number of carbonyl (C=O) groups is 1. The van der Waals surface area contributed by atoms with Crippen LogP contribution in [0.25, 0.3) is 0 Å². The molecule has 2 rings (SSSR count). The summed E-state index contributed by atoms with van der Waals surface area (Å²) in [6.45, 7) is 5.78. The van der Waals surface area contributed by atoms with Gasteiger partial charge in [-0.15, -0.1) is 4.72 Å². The number of ether oxygens (including phenoxy) is 2. The van der Waals surface area contributed by atoms with E-state index in [4.69, 9.17) is 14.6 Å². The van der Waals surface area contributed by atoms with Gasteiger partial charge in [0.1, 0.15) is 22.0 Å². The molecule has 19 heavy (non-hydrogen) atoms. The lowest BCUT2D eigenvalue weighted by molar-refractivity contribution is -0.159. The molecule has 0 saturated carbocycles. The fraction of sp³-hybridized carbons (Fsp3) is 0.600. The fourth-order valence-electron chi connectivity index (χ4n) is 1.74. The molecule has 0 aromatic carbocycles. The van der Waals surface area contributed by atoms with Gasteiger partial charge in [0, 0.05) is 0 Å². The van der Waals surface area contributed by atoms with Crippen molar-refractivity contribution in [2.45, 2.75) is 36.4 Å². The SMILES string of the molecule is CC1(C)OCC(C)(c2ncc([S@+]([O-])NC(=O)O)s2)O1. The summed E-state index contributed by atoms with van der Waals surface area (Å²) in [4.78, 5) is 14.6. The van der Waals surface area contributed by atoms with E-state index in [1.54, 1.807) is 13.8 Å². The average molecular weight is 306 g/mol. The molecule has 1 fully saturated rings. The van der Waals surface area contributed by atoms with Crippen molar-refractivity contribution in [1.82, 2.24) is 9.71 Å². The molecular weight excluding hydrogens is 292 g/mol. The summed E-state index contributed by atoms with van der Waals surface area (Å²) in [5, 5.41) is 9.12. The van der Waals surface area contributed by atoms with Crippen molar-refractivity contribution in [1.29, 1.82) is 0 Å². The smallest absolute Gasteiger partial charge is 0.446 e. The molecule has 1 aromatic rings. The minimum atomic E-state index is -1.82. The zero-order chi connectivity index (χ0) is 14.3. The van der Waals surface area contributed by atoms with Crippen molar-refractivity contribution < 1.29 is 23.9 Å². The molecule has 0 aliphatic carbocycles. The minimum Gasteiger partial charge on any atom is -0.587 e. The van der Waals surface area contributed by atoms with Gasteiger partial charge in [-0.2, -0.15) is 0 Å². The number of thiazole rings is 1. The van der Waals surface area contributed by atoms with Gasteiger partial charge in [0.05, 0.1) is 12.8 Å². The van der Waals surface area contributed by atoms with Gasteiger partial charge in [-0.25, -0.2) is 9.78 Å². The van der Waals surface area contributed by atoms with Crippen LogP contribution in [0.2, 0.25) is 0 Å². The Kier molecular flexibility index (Phi) is 3.76. The van der Waals surface area contributed by atoms with E-state index in [9.17, 15) is 9.35 Å². The van der Waals surface area contributed by atoms with E-state index >= 15 is 0 Å². The largest absolute Gasteiger partial charge is 0.587 e. The van der Waals surface area contributed by atoms with Crippen LogP contribution in [0.1, 0.15) is 25.8 Å². The second kappa shape index (κ2) is 4.91. The van der Waals surface area contributed by atoms with Crippen LogP contribution in [0.4, 0.5) is 4.79 Å². The number of aromatic nitrogens is 1. The molecule has 0 bridgehead atoms. The Hall–Kier alpha value is -0.870. The van der Waals surface area contributed by atoms with Gasteiger partial charge >= 0.3 is 6.09 Å². The van der Waals surface area contributed by atoms with E-state index in [-0.39, 0.29) is 0 Å². The van der Waals surface area contributed by atoms with Gasteiger partial charge in [-0.05, 0) is 20.8 Å². The Morgan fingerprint density at radius 2 is 2.32 bits per heavy atom. The first-order chi connectivity index (χ1) is 8.72. The molecule has 7 nitrogen and oxygen atoms in total. The Bertz CT molecular complexity index is 492. The molecule has 1 aliphatic rings. The summed E-state index contributed by atoms with van der Waals surface area (Å²) in [5.74, 6) is -0.695. The number of nitrogens with zero attached hydrogens (tertiary/aromatic N) is 1. The summed E-state index contributed by atoms with van der Waals surface area (Å²) in [6, 6.07) is 0.